The van der Waals surface area contributed by atoms with Gasteiger partial charge in [-0.25, -0.2) is 0 Å². The molecule has 0 unspecified atom stereocenters. The van der Waals surface area contributed by atoms with Crippen LogP contribution in [0, 0.1) is 0 Å². The molecule has 2 aromatic rings. The maximum Gasteiger partial charge on any atom is 0.252 e. The Bertz CT molecular complexity index is 587. The minimum absolute atomic E-state index is 0.158. The molecule has 0 aliphatic heterocycles. The number of hydrogen-bond donors (Lipinski definition) is 2. The Morgan fingerprint density at radius 2 is 2.16 bits per heavy atom. The average Bonchev–Trinajstić information content (AvgIpc) is 2.38. The number of phenolic OH excluding ortho intramolecular Hbond substituents is 1. The zero-order valence-corrected chi connectivity index (χ0v) is 11.7. The second kappa shape index (κ2) is 6.33. The molecule has 0 aliphatic rings. The summed E-state index contributed by atoms with van der Waals surface area (Å²) in [6.07, 6.45) is 3.82. The molecule has 0 spiro atoms. The highest BCUT2D eigenvalue weighted by molar-refractivity contribution is 9.10. The summed E-state index contributed by atoms with van der Waals surface area (Å²) in [4.78, 5) is 15.8. The number of nitrogens with one attached hydrogen (secondary N) is 1. The van der Waals surface area contributed by atoms with Crippen molar-refractivity contribution in [1.29, 1.82) is 0 Å². The number of carbonyl (C=O) groups is 1. The molecule has 19 heavy (non-hydrogen) atoms. The summed E-state index contributed by atoms with van der Waals surface area (Å²) in [6, 6.07) is 8.72. The van der Waals surface area contributed by atoms with E-state index in [0.29, 0.717) is 18.5 Å². The summed E-state index contributed by atoms with van der Waals surface area (Å²) in [5, 5.41) is 12.1. The highest BCUT2D eigenvalue weighted by Crippen LogP contribution is 2.11. The predicted octanol–water partition coefficient (Wildman–Crippen LogP) is 2.52. The molecule has 0 saturated heterocycles. The molecule has 0 radical (unpaired) electrons. The molecule has 0 aliphatic carbocycles. The third-order valence-corrected chi connectivity index (χ3v) is 3.01. The first-order valence-corrected chi connectivity index (χ1v) is 6.61. The lowest BCUT2D eigenvalue weighted by Gasteiger charge is -2.05. The summed E-state index contributed by atoms with van der Waals surface area (Å²) >= 11 is 3.27. The number of rotatable bonds is 4. The number of hydrogen-bond acceptors (Lipinski definition) is 3. The van der Waals surface area contributed by atoms with Gasteiger partial charge >= 0.3 is 0 Å². The van der Waals surface area contributed by atoms with Crippen LogP contribution in [0.2, 0.25) is 0 Å². The van der Waals surface area contributed by atoms with Crippen molar-refractivity contribution in [3.05, 3.63) is 58.3 Å². The highest BCUT2D eigenvalue weighted by atomic mass is 79.9. The Labute approximate surface area is 119 Å². The summed E-state index contributed by atoms with van der Waals surface area (Å²) in [5.41, 5.74) is 1.50. The number of benzene rings is 1. The standard InChI is InChI=1S/C14H13BrN2O2/c15-12-7-11(8-16-9-12)14(19)17-5-4-10-2-1-3-13(18)6-10/h1-3,6-9,18H,4-5H2,(H,17,19). The molecule has 0 atom stereocenters. The van der Waals surface area contributed by atoms with Gasteiger partial charge in [-0.15, -0.1) is 0 Å². The molecule has 1 aromatic carbocycles. The van der Waals surface area contributed by atoms with Gasteiger partial charge in [0.15, 0.2) is 0 Å². The van der Waals surface area contributed by atoms with E-state index in [-0.39, 0.29) is 11.7 Å². The van der Waals surface area contributed by atoms with E-state index in [1.165, 1.54) is 6.20 Å². The molecule has 1 aromatic heterocycles. The summed E-state index contributed by atoms with van der Waals surface area (Å²) < 4.78 is 0.771. The number of phenols is 1. The largest absolute Gasteiger partial charge is 0.508 e. The lowest BCUT2D eigenvalue weighted by Crippen LogP contribution is -2.25. The van der Waals surface area contributed by atoms with E-state index in [1.807, 2.05) is 6.07 Å². The van der Waals surface area contributed by atoms with E-state index in [1.54, 1.807) is 30.5 Å². The first kappa shape index (κ1) is 13.5. The molecule has 1 heterocycles. The molecule has 2 N–H and O–H groups in total. The number of carbonyl (C=O) groups excluding carboxylic acids is 1. The van der Waals surface area contributed by atoms with Crippen LogP contribution in [0.3, 0.4) is 0 Å². The monoisotopic (exact) mass is 320 g/mol. The van der Waals surface area contributed by atoms with Crippen molar-refractivity contribution in [2.24, 2.45) is 0 Å². The molecule has 0 saturated carbocycles. The molecular weight excluding hydrogens is 308 g/mol. The van der Waals surface area contributed by atoms with Gasteiger partial charge in [0, 0.05) is 23.4 Å². The van der Waals surface area contributed by atoms with Gasteiger partial charge in [0.1, 0.15) is 5.75 Å². The van der Waals surface area contributed by atoms with E-state index >= 15 is 0 Å². The highest BCUT2D eigenvalue weighted by Gasteiger charge is 2.05. The molecule has 0 fully saturated rings. The van der Waals surface area contributed by atoms with Crippen molar-refractivity contribution in [2.45, 2.75) is 6.42 Å². The van der Waals surface area contributed by atoms with Crippen molar-refractivity contribution in [3.8, 4) is 5.75 Å². The van der Waals surface area contributed by atoms with Crippen LogP contribution in [0.25, 0.3) is 0 Å². The molecule has 2 rings (SSSR count). The second-order valence-corrected chi connectivity index (χ2v) is 4.98. The molecule has 5 heteroatoms. The maximum absolute atomic E-state index is 11.8. The van der Waals surface area contributed by atoms with Crippen molar-refractivity contribution in [2.75, 3.05) is 6.54 Å². The first-order valence-electron chi connectivity index (χ1n) is 5.82. The Balaban J connectivity index is 1.87. The van der Waals surface area contributed by atoms with Crippen molar-refractivity contribution >= 4 is 21.8 Å². The minimum Gasteiger partial charge on any atom is -0.508 e. The van der Waals surface area contributed by atoms with Crippen LogP contribution in [0.4, 0.5) is 0 Å². The molecule has 98 valence electrons. The Morgan fingerprint density at radius 1 is 1.32 bits per heavy atom. The van der Waals surface area contributed by atoms with Crippen LogP contribution >= 0.6 is 15.9 Å². The van der Waals surface area contributed by atoms with E-state index < -0.39 is 0 Å². The average molecular weight is 321 g/mol. The van der Waals surface area contributed by atoms with Crippen LogP contribution in [0.5, 0.6) is 5.75 Å². The zero-order chi connectivity index (χ0) is 13.7. The molecular formula is C14H13BrN2O2. The molecule has 1 amide bonds. The van der Waals surface area contributed by atoms with E-state index in [2.05, 4.69) is 26.2 Å². The van der Waals surface area contributed by atoms with Crippen LogP contribution in [-0.4, -0.2) is 22.5 Å². The van der Waals surface area contributed by atoms with Crippen molar-refractivity contribution < 1.29 is 9.90 Å². The normalized spacial score (nSPS) is 10.2. The van der Waals surface area contributed by atoms with Crippen LogP contribution in [-0.2, 0) is 6.42 Å². The quantitative estimate of drug-likeness (QED) is 0.910. The number of aromatic nitrogens is 1. The van der Waals surface area contributed by atoms with Gasteiger partial charge in [0.25, 0.3) is 5.91 Å². The number of pyridine rings is 1. The fourth-order valence-electron chi connectivity index (χ4n) is 1.67. The maximum atomic E-state index is 11.8. The Hall–Kier alpha value is -1.88. The summed E-state index contributed by atoms with van der Waals surface area (Å²) in [5.74, 6) is 0.0777. The Morgan fingerprint density at radius 3 is 2.89 bits per heavy atom. The minimum atomic E-state index is -0.158. The Kier molecular flexibility index (Phi) is 4.52. The van der Waals surface area contributed by atoms with Gasteiger partial charge in [-0.05, 0) is 46.1 Å². The SMILES string of the molecule is O=C(NCCc1cccc(O)c1)c1cncc(Br)c1. The van der Waals surface area contributed by atoms with Gasteiger partial charge < -0.3 is 10.4 Å². The van der Waals surface area contributed by atoms with Crippen LogP contribution in [0.15, 0.2) is 47.2 Å². The number of nitrogens with zero attached hydrogens (tertiary/aromatic N) is 1. The van der Waals surface area contributed by atoms with Crippen LogP contribution in [0.1, 0.15) is 15.9 Å². The predicted molar refractivity (Wildman–Crippen MR) is 76.1 cm³/mol. The van der Waals surface area contributed by atoms with E-state index in [9.17, 15) is 9.90 Å². The van der Waals surface area contributed by atoms with Gasteiger partial charge in [-0.3, -0.25) is 9.78 Å². The van der Waals surface area contributed by atoms with Crippen molar-refractivity contribution in [3.63, 3.8) is 0 Å². The molecule has 4 nitrogen and oxygen atoms in total. The van der Waals surface area contributed by atoms with Crippen molar-refractivity contribution in [1.82, 2.24) is 10.3 Å². The lowest BCUT2D eigenvalue weighted by molar-refractivity contribution is 0.0953. The summed E-state index contributed by atoms with van der Waals surface area (Å²) in [6.45, 7) is 0.509. The topological polar surface area (TPSA) is 62.2 Å². The smallest absolute Gasteiger partial charge is 0.252 e. The third-order valence-electron chi connectivity index (χ3n) is 2.58. The van der Waals surface area contributed by atoms with Crippen LogP contribution < -0.4 is 5.32 Å². The van der Waals surface area contributed by atoms with Gasteiger partial charge in [0.2, 0.25) is 0 Å². The fraction of sp³-hybridized carbons (Fsp3) is 0.143. The third kappa shape index (κ3) is 4.06. The zero-order valence-electron chi connectivity index (χ0n) is 10.1. The van der Waals surface area contributed by atoms with Gasteiger partial charge in [-0.1, -0.05) is 12.1 Å². The van der Waals surface area contributed by atoms with E-state index in [0.717, 1.165) is 10.0 Å². The fourth-order valence-corrected chi connectivity index (χ4v) is 2.04. The molecule has 0 bridgehead atoms. The van der Waals surface area contributed by atoms with E-state index in [4.69, 9.17) is 0 Å². The number of amides is 1. The number of aromatic hydroxyl groups is 1. The second-order valence-electron chi connectivity index (χ2n) is 4.07. The van der Waals surface area contributed by atoms with Gasteiger partial charge in [0.05, 0.1) is 5.56 Å². The summed E-state index contributed by atoms with van der Waals surface area (Å²) in [7, 11) is 0. The van der Waals surface area contributed by atoms with Gasteiger partial charge in [-0.2, -0.15) is 0 Å². The number of halogens is 1. The lowest BCUT2D eigenvalue weighted by atomic mass is 10.1. The first-order chi connectivity index (χ1) is 9.15.